The maximum Gasteiger partial charge on any atom is 0.0726 e. The molecular formula is C73H47NS. The summed E-state index contributed by atoms with van der Waals surface area (Å²) in [7, 11) is 0. The standard InChI is InChI=1S/C73H47NS/c1-5-17-48(18-6-1)51-29-36-57(37-30-51)74(68-27-15-13-25-59(68)53-23-11-4-12-24-53)58-38-31-52(32-39-58)56-35-42-62-67(47-56)73(64-43-44-70-72(71(62)64)63-26-14-16-28-69(63)75-70)65-45-54(49-19-7-2-8-20-49)33-40-60(65)61-41-34-55(46-66(61)73)50-21-9-3-10-22-50/h1-47H. The molecule has 350 valence electrons. The molecule has 0 aliphatic heterocycles. The number of thiophene rings is 1. The highest BCUT2D eigenvalue weighted by Gasteiger charge is 2.53. The lowest BCUT2D eigenvalue weighted by Crippen LogP contribution is -2.26. The van der Waals surface area contributed by atoms with Gasteiger partial charge in [-0.2, -0.15) is 0 Å². The molecule has 15 rings (SSSR count). The van der Waals surface area contributed by atoms with E-state index in [-0.39, 0.29) is 0 Å². The van der Waals surface area contributed by atoms with Gasteiger partial charge in [0.05, 0.1) is 11.1 Å². The van der Waals surface area contributed by atoms with Crippen molar-refractivity contribution in [2.75, 3.05) is 4.90 Å². The highest BCUT2D eigenvalue weighted by Crippen LogP contribution is 2.65. The predicted octanol–water partition coefficient (Wildman–Crippen LogP) is 20.2. The Morgan fingerprint density at radius 2 is 0.680 bits per heavy atom. The lowest BCUT2D eigenvalue weighted by Gasteiger charge is -2.31. The van der Waals surface area contributed by atoms with E-state index in [1.165, 1.54) is 120 Å². The van der Waals surface area contributed by atoms with Gasteiger partial charge in [-0.3, -0.25) is 0 Å². The molecular weight excluding hydrogens is 923 g/mol. The van der Waals surface area contributed by atoms with Crippen molar-refractivity contribution >= 4 is 48.6 Å². The first-order chi connectivity index (χ1) is 37.2. The van der Waals surface area contributed by atoms with Crippen LogP contribution in [-0.4, -0.2) is 0 Å². The van der Waals surface area contributed by atoms with E-state index in [2.05, 4.69) is 290 Å². The Labute approximate surface area is 441 Å². The van der Waals surface area contributed by atoms with Crippen molar-refractivity contribution in [3.05, 3.63) is 307 Å². The van der Waals surface area contributed by atoms with E-state index in [9.17, 15) is 0 Å². The van der Waals surface area contributed by atoms with Gasteiger partial charge < -0.3 is 4.90 Å². The third kappa shape index (κ3) is 6.84. The molecule has 0 fully saturated rings. The molecule has 1 nitrogen and oxygen atoms in total. The Morgan fingerprint density at radius 1 is 0.267 bits per heavy atom. The van der Waals surface area contributed by atoms with Crippen LogP contribution in [0.5, 0.6) is 0 Å². The highest BCUT2D eigenvalue weighted by molar-refractivity contribution is 7.26. The fraction of sp³-hybridized carbons (Fsp3) is 0.0137. The lowest BCUT2D eigenvalue weighted by molar-refractivity contribution is 0.795. The number of hydrogen-bond acceptors (Lipinski definition) is 2. The minimum Gasteiger partial charge on any atom is -0.310 e. The molecule has 0 unspecified atom stereocenters. The van der Waals surface area contributed by atoms with E-state index < -0.39 is 5.41 Å². The number of para-hydroxylation sites is 1. The van der Waals surface area contributed by atoms with Crippen molar-refractivity contribution in [1.82, 2.24) is 0 Å². The maximum absolute atomic E-state index is 2.54. The van der Waals surface area contributed by atoms with Crippen LogP contribution < -0.4 is 4.90 Å². The van der Waals surface area contributed by atoms with Crippen LogP contribution in [0.3, 0.4) is 0 Å². The van der Waals surface area contributed by atoms with Gasteiger partial charge in [-0.25, -0.2) is 0 Å². The molecule has 0 saturated heterocycles. The van der Waals surface area contributed by atoms with Crippen molar-refractivity contribution < 1.29 is 0 Å². The first-order valence-corrected chi connectivity index (χ1v) is 26.7. The monoisotopic (exact) mass is 969 g/mol. The van der Waals surface area contributed by atoms with E-state index in [0.29, 0.717) is 0 Å². The lowest BCUT2D eigenvalue weighted by atomic mass is 9.69. The summed E-state index contributed by atoms with van der Waals surface area (Å²) < 4.78 is 2.64. The van der Waals surface area contributed by atoms with Crippen LogP contribution in [0.15, 0.2) is 285 Å². The quantitative estimate of drug-likeness (QED) is 0.147. The van der Waals surface area contributed by atoms with Crippen molar-refractivity contribution in [3.63, 3.8) is 0 Å². The smallest absolute Gasteiger partial charge is 0.0726 e. The zero-order valence-electron chi connectivity index (χ0n) is 41.0. The number of hydrogen-bond donors (Lipinski definition) is 0. The van der Waals surface area contributed by atoms with Crippen LogP contribution >= 0.6 is 11.3 Å². The van der Waals surface area contributed by atoms with Crippen LogP contribution in [-0.2, 0) is 5.41 Å². The molecule has 1 spiro atoms. The fourth-order valence-corrected chi connectivity index (χ4v) is 13.6. The molecule has 0 bridgehead atoms. The van der Waals surface area contributed by atoms with Gasteiger partial charge in [0.25, 0.3) is 0 Å². The van der Waals surface area contributed by atoms with Gasteiger partial charge in [-0.1, -0.05) is 224 Å². The zero-order chi connectivity index (χ0) is 49.5. The molecule has 0 radical (unpaired) electrons. The Morgan fingerprint density at radius 3 is 1.24 bits per heavy atom. The summed E-state index contributed by atoms with van der Waals surface area (Å²) in [6.45, 7) is 0. The molecule has 1 aromatic heterocycles. The van der Waals surface area contributed by atoms with E-state index >= 15 is 0 Å². The number of fused-ring (bicyclic) bond motifs is 14. The average molecular weight is 970 g/mol. The molecule has 0 N–H and O–H groups in total. The second-order valence-corrected chi connectivity index (χ2v) is 21.0. The van der Waals surface area contributed by atoms with Crippen LogP contribution in [0, 0.1) is 0 Å². The minimum absolute atomic E-state index is 0.595. The van der Waals surface area contributed by atoms with E-state index in [4.69, 9.17) is 0 Å². The van der Waals surface area contributed by atoms with Gasteiger partial charge in [0, 0.05) is 37.1 Å². The van der Waals surface area contributed by atoms with Crippen molar-refractivity contribution in [3.8, 4) is 77.9 Å². The van der Waals surface area contributed by atoms with Gasteiger partial charge >= 0.3 is 0 Å². The predicted molar refractivity (Wildman–Crippen MR) is 317 cm³/mol. The Kier molecular flexibility index (Phi) is 10.0. The topological polar surface area (TPSA) is 3.24 Å². The Bertz CT molecular complexity index is 4220. The average Bonchev–Trinajstić information content (AvgIpc) is 4.34. The van der Waals surface area contributed by atoms with Crippen molar-refractivity contribution in [2.24, 2.45) is 0 Å². The Hall–Kier alpha value is -9.34. The first kappa shape index (κ1) is 43.3. The molecule has 2 aliphatic carbocycles. The third-order valence-corrected chi connectivity index (χ3v) is 17.0. The van der Waals surface area contributed by atoms with Gasteiger partial charge in [0.1, 0.15) is 0 Å². The first-order valence-electron chi connectivity index (χ1n) is 25.9. The molecule has 1 heterocycles. The second kappa shape index (κ2) is 17.4. The second-order valence-electron chi connectivity index (χ2n) is 19.9. The molecule has 12 aromatic carbocycles. The SMILES string of the molecule is c1ccc(-c2ccc(N(c3ccc(-c4ccc5c(c4)C4(c6cc(-c7ccccc7)ccc6-c6ccc(-c7ccccc7)cc64)c4ccc6sc7ccccc7c6c4-5)cc3)c3ccccc3-c3ccccc3)cc2)cc1. The maximum atomic E-state index is 2.54. The van der Waals surface area contributed by atoms with Crippen molar-refractivity contribution in [1.29, 1.82) is 0 Å². The van der Waals surface area contributed by atoms with Gasteiger partial charge in [0.2, 0.25) is 0 Å². The summed E-state index contributed by atoms with van der Waals surface area (Å²) in [6, 6.07) is 106. The molecule has 0 atom stereocenters. The van der Waals surface area contributed by atoms with Gasteiger partial charge in [-0.15, -0.1) is 11.3 Å². The molecule has 2 aliphatic rings. The zero-order valence-corrected chi connectivity index (χ0v) is 41.8. The molecule has 2 heteroatoms. The number of benzene rings is 12. The van der Waals surface area contributed by atoms with Crippen LogP contribution in [0.25, 0.3) is 98.1 Å². The third-order valence-electron chi connectivity index (χ3n) is 15.9. The van der Waals surface area contributed by atoms with E-state index in [1.807, 2.05) is 11.3 Å². The van der Waals surface area contributed by atoms with Gasteiger partial charge in [-0.05, 0) is 155 Å². The van der Waals surface area contributed by atoms with E-state index in [0.717, 1.165) is 17.1 Å². The summed E-state index contributed by atoms with van der Waals surface area (Å²) in [5.41, 5.74) is 25.3. The molecule has 0 amide bonds. The number of anilines is 3. The summed E-state index contributed by atoms with van der Waals surface area (Å²) in [5.74, 6) is 0. The number of rotatable bonds is 8. The van der Waals surface area contributed by atoms with E-state index in [1.54, 1.807) is 0 Å². The largest absolute Gasteiger partial charge is 0.310 e. The summed E-state index contributed by atoms with van der Waals surface area (Å²) >= 11 is 1.90. The normalized spacial score (nSPS) is 12.6. The Balaban J connectivity index is 0.942. The van der Waals surface area contributed by atoms with Crippen LogP contribution in [0.2, 0.25) is 0 Å². The molecule has 13 aromatic rings. The summed E-state index contributed by atoms with van der Waals surface area (Å²) in [6.07, 6.45) is 0. The summed E-state index contributed by atoms with van der Waals surface area (Å²) in [5, 5.41) is 2.67. The van der Waals surface area contributed by atoms with Crippen molar-refractivity contribution in [2.45, 2.75) is 5.41 Å². The van der Waals surface area contributed by atoms with Crippen LogP contribution in [0.4, 0.5) is 17.1 Å². The fourth-order valence-electron chi connectivity index (χ4n) is 12.5. The molecule has 75 heavy (non-hydrogen) atoms. The minimum atomic E-state index is -0.595. The molecule has 0 saturated carbocycles. The van der Waals surface area contributed by atoms with Gasteiger partial charge in [0.15, 0.2) is 0 Å². The number of nitrogens with zero attached hydrogens (tertiary/aromatic N) is 1. The summed E-state index contributed by atoms with van der Waals surface area (Å²) in [4.78, 5) is 2.41. The van der Waals surface area contributed by atoms with Crippen LogP contribution in [0.1, 0.15) is 22.3 Å². The highest BCUT2D eigenvalue weighted by atomic mass is 32.1.